The molecule has 0 aromatic carbocycles. The summed E-state index contributed by atoms with van der Waals surface area (Å²) in [5.41, 5.74) is 5.70. The largest absolute Gasteiger partial charge is 0.340 e. The Labute approximate surface area is 117 Å². The van der Waals surface area contributed by atoms with E-state index in [1.807, 2.05) is 4.90 Å². The van der Waals surface area contributed by atoms with E-state index in [1.165, 1.54) is 38.6 Å². The van der Waals surface area contributed by atoms with Gasteiger partial charge >= 0.3 is 0 Å². The van der Waals surface area contributed by atoms with Crippen LogP contribution in [0.4, 0.5) is 0 Å². The van der Waals surface area contributed by atoms with E-state index >= 15 is 0 Å². The molecule has 0 radical (unpaired) electrons. The predicted molar refractivity (Wildman–Crippen MR) is 77.9 cm³/mol. The average Bonchev–Trinajstić information content (AvgIpc) is 2.64. The summed E-state index contributed by atoms with van der Waals surface area (Å²) in [5, 5.41) is 0. The molecule has 2 aliphatic rings. The number of hydrogen-bond donors (Lipinski definition) is 1. The van der Waals surface area contributed by atoms with Gasteiger partial charge in [-0.2, -0.15) is 0 Å². The topological polar surface area (TPSA) is 49.6 Å². The van der Waals surface area contributed by atoms with Crippen LogP contribution < -0.4 is 5.73 Å². The Kier molecular flexibility index (Phi) is 5.64. The molecule has 1 atom stereocenters. The monoisotopic (exact) mass is 267 g/mol. The first kappa shape index (κ1) is 14.8. The summed E-state index contributed by atoms with van der Waals surface area (Å²) < 4.78 is 0. The van der Waals surface area contributed by atoms with Gasteiger partial charge in [0, 0.05) is 26.2 Å². The minimum absolute atomic E-state index is 0.111. The van der Waals surface area contributed by atoms with Gasteiger partial charge in [-0.3, -0.25) is 4.79 Å². The van der Waals surface area contributed by atoms with Gasteiger partial charge in [0.15, 0.2) is 0 Å². The molecule has 0 bridgehead atoms. The van der Waals surface area contributed by atoms with E-state index in [4.69, 9.17) is 5.73 Å². The van der Waals surface area contributed by atoms with E-state index in [0.717, 1.165) is 38.5 Å². The maximum Gasteiger partial charge on any atom is 0.239 e. The Morgan fingerprint density at radius 3 is 2.53 bits per heavy atom. The van der Waals surface area contributed by atoms with Crippen LogP contribution in [-0.2, 0) is 4.79 Å². The number of rotatable bonds is 3. The van der Waals surface area contributed by atoms with Crippen molar-refractivity contribution in [3.8, 4) is 0 Å². The van der Waals surface area contributed by atoms with Gasteiger partial charge in [-0.25, -0.2) is 0 Å². The van der Waals surface area contributed by atoms with Gasteiger partial charge in [0.1, 0.15) is 0 Å². The maximum atomic E-state index is 11.9. The van der Waals surface area contributed by atoms with Crippen LogP contribution in [0.2, 0.25) is 0 Å². The minimum Gasteiger partial charge on any atom is -0.340 e. The molecule has 1 aliphatic heterocycles. The zero-order valence-corrected chi connectivity index (χ0v) is 12.3. The summed E-state index contributed by atoms with van der Waals surface area (Å²) in [6.07, 6.45) is 8.14. The molecule has 0 spiro atoms. The number of carbonyl (C=O) groups is 1. The highest BCUT2D eigenvalue weighted by atomic mass is 16.2. The lowest BCUT2D eigenvalue weighted by molar-refractivity contribution is -0.132. The second-order valence-electron chi connectivity index (χ2n) is 6.27. The van der Waals surface area contributed by atoms with Crippen LogP contribution in [0, 0.1) is 5.92 Å². The zero-order chi connectivity index (χ0) is 13.7. The third kappa shape index (κ3) is 4.46. The Balaban J connectivity index is 1.77. The molecular formula is C15H29N3O. The van der Waals surface area contributed by atoms with Crippen molar-refractivity contribution in [1.29, 1.82) is 0 Å². The average molecular weight is 267 g/mol. The Morgan fingerprint density at radius 1 is 1.11 bits per heavy atom. The fourth-order valence-electron chi connectivity index (χ4n) is 3.40. The molecule has 0 unspecified atom stereocenters. The van der Waals surface area contributed by atoms with Gasteiger partial charge in [-0.15, -0.1) is 0 Å². The predicted octanol–water partition coefficient (Wildman–Crippen LogP) is 1.45. The summed E-state index contributed by atoms with van der Waals surface area (Å²) in [6.45, 7) is 6.91. The Bertz CT molecular complexity index is 287. The highest BCUT2D eigenvalue weighted by molar-refractivity contribution is 5.81. The van der Waals surface area contributed by atoms with Crippen molar-refractivity contribution in [3.63, 3.8) is 0 Å². The lowest BCUT2D eigenvalue weighted by Gasteiger charge is -2.29. The lowest BCUT2D eigenvalue weighted by atomic mass is 9.89. The summed E-state index contributed by atoms with van der Waals surface area (Å²) >= 11 is 0. The fraction of sp³-hybridized carbons (Fsp3) is 0.933. The third-order valence-corrected chi connectivity index (χ3v) is 4.53. The number of hydrogen-bond acceptors (Lipinski definition) is 3. The molecule has 4 heteroatoms. The molecule has 4 nitrogen and oxygen atoms in total. The first-order valence-electron chi connectivity index (χ1n) is 7.93. The van der Waals surface area contributed by atoms with Gasteiger partial charge in [0.05, 0.1) is 6.04 Å². The van der Waals surface area contributed by atoms with Crippen molar-refractivity contribution < 1.29 is 4.79 Å². The SMILES string of the molecule is C[C@@H](N)C(=O)N1CCCN(CC2CCCCC2)CC1. The Morgan fingerprint density at radius 2 is 1.84 bits per heavy atom. The smallest absolute Gasteiger partial charge is 0.239 e. The normalized spacial score (nSPS) is 25.1. The van der Waals surface area contributed by atoms with Crippen molar-refractivity contribution in [2.75, 3.05) is 32.7 Å². The molecule has 1 saturated heterocycles. The van der Waals surface area contributed by atoms with E-state index < -0.39 is 0 Å². The van der Waals surface area contributed by atoms with E-state index in [1.54, 1.807) is 6.92 Å². The van der Waals surface area contributed by atoms with Gasteiger partial charge in [-0.1, -0.05) is 19.3 Å². The fourth-order valence-corrected chi connectivity index (χ4v) is 3.40. The van der Waals surface area contributed by atoms with Gasteiger partial charge in [-0.05, 0) is 38.6 Å². The highest BCUT2D eigenvalue weighted by Gasteiger charge is 2.23. The lowest BCUT2D eigenvalue weighted by Crippen LogP contribution is -2.44. The van der Waals surface area contributed by atoms with Crippen molar-refractivity contribution in [2.24, 2.45) is 11.7 Å². The minimum atomic E-state index is -0.357. The summed E-state index contributed by atoms with van der Waals surface area (Å²) in [6, 6.07) is -0.357. The molecule has 0 aromatic rings. The van der Waals surface area contributed by atoms with Crippen molar-refractivity contribution >= 4 is 5.91 Å². The molecule has 2 fully saturated rings. The van der Waals surface area contributed by atoms with Gasteiger partial charge < -0.3 is 15.5 Å². The molecule has 110 valence electrons. The zero-order valence-electron chi connectivity index (χ0n) is 12.3. The second kappa shape index (κ2) is 7.25. The summed E-state index contributed by atoms with van der Waals surface area (Å²) in [5.74, 6) is 1.00. The first-order chi connectivity index (χ1) is 9.16. The van der Waals surface area contributed by atoms with E-state index in [-0.39, 0.29) is 11.9 Å². The van der Waals surface area contributed by atoms with Crippen LogP contribution in [0.15, 0.2) is 0 Å². The number of carbonyl (C=O) groups excluding carboxylic acids is 1. The van der Waals surface area contributed by atoms with E-state index in [2.05, 4.69) is 4.90 Å². The Hall–Kier alpha value is -0.610. The van der Waals surface area contributed by atoms with E-state index in [9.17, 15) is 4.79 Å². The number of amides is 1. The number of nitrogens with two attached hydrogens (primary N) is 1. The summed E-state index contributed by atoms with van der Waals surface area (Å²) in [7, 11) is 0. The van der Waals surface area contributed by atoms with E-state index in [0.29, 0.717) is 0 Å². The van der Waals surface area contributed by atoms with Crippen LogP contribution in [0.25, 0.3) is 0 Å². The van der Waals surface area contributed by atoms with Crippen LogP contribution in [-0.4, -0.2) is 54.5 Å². The molecule has 19 heavy (non-hydrogen) atoms. The second-order valence-corrected chi connectivity index (χ2v) is 6.27. The van der Waals surface area contributed by atoms with Crippen molar-refractivity contribution in [3.05, 3.63) is 0 Å². The van der Waals surface area contributed by atoms with Crippen molar-refractivity contribution in [1.82, 2.24) is 9.80 Å². The third-order valence-electron chi connectivity index (χ3n) is 4.53. The molecule has 2 N–H and O–H groups in total. The van der Waals surface area contributed by atoms with Crippen LogP contribution >= 0.6 is 0 Å². The van der Waals surface area contributed by atoms with Gasteiger partial charge in [0.25, 0.3) is 0 Å². The quantitative estimate of drug-likeness (QED) is 0.842. The molecule has 1 saturated carbocycles. The van der Waals surface area contributed by atoms with Crippen LogP contribution in [0.5, 0.6) is 0 Å². The molecule has 1 heterocycles. The highest BCUT2D eigenvalue weighted by Crippen LogP contribution is 2.24. The van der Waals surface area contributed by atoms with Crippen molar-refractivity contribution in [2.45, 2.75) is 51.5 Å². The molecule has 1 aliphatic carbocycles. The molecular weight excluding hydrogens is 238 g/mol. The first-order valence-corrected chi connectivity index (χ1v) is 7.93. The maximum absolute atomic E-state index is 11.9. The molecule has 1 amide bonds. The molecule has 0 aromatic heterocycles. The standard InChI is InChI=1S/C15H29N3O/c1-13(16)15(19)18-9-5-8-17(10-11-18)12-14-6-3-2-4-7-14/h13-14H,2-12,16H2,1H3/t13-/m1/s1. The van der Waals surface area contributed by atoms with Gasteiger partial charge in [0.2, 0.25) is 5.91 Å². The molecule has 2 rings (SSSR count). The summed E-state index contributed by atoms with van der Waals surface area (Å²) in [4.78, 5) is 16.4. The van der Waals surface area contributed by atoms with Crippen LogP contribution in [0.3, 0.4) is 0 Å². The van der Waals surface area contributed by atoms with Crippen LogP contribution in [0.1, 0.15) is 45.4 Å². The number of nitrogens with zero attached hydrogens (tertiary/aromatic N) is 2.